The van der Waals surface area contributed by atoms with Crippen molar-refractivity contribution in [2.75, 3.05) is 13.2 Å². The molecule has 1 aromatic carbocycles. The van der Waals surface area contributed by atoms with Crippen LogP contribution in [0.15, 0.2) is 30.3 Å². The van der Waals surface area contributed by atoms with Crippen LogP contribution in [0.5, 0.6) is 6.01 Å². The molecule has 172 valence electrons. The number of aliphatic hydroxyl groups excluding tert-OH is 1. The van der Waals surface area contributed by atoms with Gasteiger partial charge in [0.05, 0.1) is 29.4 Å². The van der Waals surface area contributed by atoms with E-state index in [9.17, 15) is 5.11 Å². The Morgan fingerprint density at radius 2 is 1.97 bits per heavy atom. The van der Waals surface area contributed by atoms with Crippen molar-refractivity contribution in [1.82, 2.24) is 15.0 Å². The lowest BCUT2D eigenvalue weighted by Crippen LogP contribution is -2.34. The monoisotopic (exact) mass is 467 g/mol. The van der Waals surface area contributed by atoms with Crippen molar-refractivity contribution in [3.05, 3.63) is 40.9 Å². The van der Waals surface area contributed by atoms with Crippen LogP contribution >= 0.6 is 11.6 Å². The van der Waals surface area contributed by atoms with Crippen LogP contribution in [0, 0.1) is 11.8 Å². The smallest absolute Gasteiger partial charge is 0.296 e. The summed E-state index contributed by atoms with van der Waals surface area (Å²) in [6, 6.07) is 10.0. The minimum atomic E-state index is -0.624. The van der Waals surface area contributed by atoms with Crippen LogP contribution in [0.2, 0.25) is 5.02 Å². The molecule has 0 radical (unpaired) electrons. The summed E-state index contributed by atoms with van der Waals surface area (Å²) in [5, 5.41) is 10.4. The molecule has 0 spiro atoms. The molecule has 0 bridgehead atoms. The van der Waals surface area contributed by atoms with E-state index in [4.69, 9.17) is 25.8 Å². The average molecular weight is 468 g/mol. The Kier molecular flexibility index (Phi) is 6.52. The minimum Gasteiger partial charge on any atom is -0.456 e. The zero-order valence-electron chi connectivity index (χ0n) is 18.4. The molecule has 4 atom stereocenters. The molecule has 0 saturated carbocycles. The third-order valence-corrected chi connectivity index (χ3v) is 6.23. The number of halogens is 1. The van der Waals surface area contributed by atoms with Crippen LogP contribution in [-0.2, 0) is 9.47 Å². The molecule has 4 heterocycles. The second-order valence-electron chi connectivity index (χ2n) is 8.39. The van der Waals surface area contributed by atoms with Crippen LogP contribution in [0.1, 0.15) is 38.2 Å². The van der Waals surface area contributed by atoms with Gasteiger partial charge in [0.15, 0.2) is 11.8 Å². The highest BCUT2D eigenvalue weighted by atomic mass is 35.5. The highest BCUT2D eigenvalue weighted by molar-refractivity contribution is 6.33. The zero-order valence-corrected chi connectivity index (χ0v) is 19.1. The number of unbranched alkanes of at least 4 members (excludes halogenated alkanes) is 3. The highest BCUT2D eigenvalue weighted by Gasteiger charge is 2.48. The van der Waals surface area contributed by atoms with Crippen molar-refractivity contribution in [3.8, 4) is 29.1 Å². The summed E-state index contributed by atoms with van der Waals surface area (Å²) in [6.07, 6.45) is 2.83. The summed E-state index contributed by atoms with van der Waals surface area (Å²) in [5.41, 5.74) is 3.70. The van der Waals surface area contributed by atoms with Crippen molar-refractivity contribution in [2.24, 2.45) is 0 Å². The first-order chi connectivity index (χ1) is 16.1. The third-order valence-electron chi connectivity index (χ3n) is 5.95. The molecule has 2 aromatic heterocycles. The molecule has 0 aliphatic carbocycles. The van der Waals surface area contributed by atoms with Crippen molar-refractivity contribution in [2.45, 2.75) is 57.0 Å². The fourth-order valence-electron chi connectivity index (χ4n) is 4.18. The summed E-state index contributed by atoms with van der Waals surface area (Å²) < 4.78 is 17.2. The number of aliphatic hydroxyl groups is 1. The van der Waals surface area contributed by atoms with Gasteiger partial charge in [0.25, 0.3) is 6.01 Å². The Morgan fingerprint density at radius 1 is 1.15 bits per heavy atom. The number of aromatic amines is 1. The van der Waals surface area contributed by atoms with Crippen molar-refractivity contribution >= 4 is 22.8 Å². The maximum absolute atomic E-state index is 9.90. The molecule has 0 amide bonds. The topological polar surface area (TPSA) is 89.5 Å². The van der Waals surface area contributed by atoms with E-state index in [1.807, 2.05) is 24.3 Å². The summed E-state index contributed by atoms with van der Waals surface area (Å²) in [4.78, 5) is 12.2. The number of nitrogens with one attached hydrogen (secondary N) is 1. The first-order valence-electron chi connectivity index (χ1n) is 11.4. The first kappa shape index (κ1) is 22.2. The van der Waals surface area contributed by atoms with Gasteiger partial charge >= 0.3 is 0 Å². The molecule has 2 N–H and O–H groups in total. The van der Waals surface area contributed by atoms with E-state index in [2.05, 4.69) is 33.7 Å². The lowest BCUT2D eigenvalue weighted by molar-refractivity contribution is 0.00706. The van der Waals surface area contributed by atoms with Crippen molar-refractivity contribution in [1.29, 1.82) is 0 Å². The van der Waals surface area contributed by atoms with Gasteiger partial charge in [-0.3, -0.25) is 0 Å². The predicted molar refractivity (Wildman–Crippen MR) is 125 cm³/mol. The van der Waals surface area contributed by atoms with Crippen LogP contribution < -0.4 is 4.74 Å². The molecule has 7 nitrogen and oxygen atoms in total. The van der Waals surface area contributed by atoms with E-state index >= 15 is 0 Å². The molecule has 5 rings (SSSR count). The quantitative estimate of drug-likeness (QED) is 0.419. The molecule has 2 aliphatic rings. The van der Waals surface area contributed by atoms with Crippen LogP contribution in [0.4, 0.5) is 0 Å². The van der Waals surface area contributed by atoms with Crippen LogP contribution in [0.25, 0.3) is 22.4 Å². The normalized spacial score (nSPS) is 24.0. The second kappa shape index (κ2) is 9.70. The maximum atomic E-state index is 9.90. The zero-order chi connectivity index (χ0) is 22.8. The van der Waals surface area contributed by atoms with Crippen molar-refractivity contribution < 1.29 is 19.3 Å². The molecule has 2 unspecified atom stereocenters. The van der Waals surface area contributed by atoms with E-state index in [0.717, 1.165) is 24.0 Å². The van der Waals surface area contributed by atoms with Crippen LogP contribution in [-0.4, -0.2) is 57.7 Å². The number of H-pyrrole nitrogens is 1. The molecular formula is C25H26ClN3O4. The molecule has 8 heteroatoms. The highest BCUT2D eigenvalue weighted by Crippen LogP contribution is 2.32. The first-order valence-corrected chi connectivity index (χ1v) is 11.7. The van der Waals surface area contributed by atoms with Crippen LogP contribution in [0.3, 0.4) is 0 Å². The van der Waals surface area contributed by atoms with E-state index in [1.165, 1.54) is 12.8 Å². The number of pyridine rings is 1. The number of ether oxygens (including phenoxy) is 3. The average Bonchev–Trinajstić information content (AvgIpc) is 3.50. The Bertz CT molecular complexity index is 1180. The largest absolute Gasteiger partial charge is 0.456 e. The Balaban J connectivity index is 1.31. The number of nitrogens with zero attached hydrogens (tertiary/aromatic N) is 2. The second-order valence-corrected chi connectivity index (χ2v) is 8.79. The van der Waals surface area contributed by atoms with Gasteiger partial charge in [-0.05, 0) is 24.6 Å². The molecule has 2 saturated heterocycles. The standard InChI is InChI=1S/C25H26ClN3O4/c1-2-3-4-5-6-7-15-8-10-16(11-9-15)21-17(26)12-18-24(28-21)29-25(27-18)33-20-14-32-22-19(30)13-31-23(20)22/h8-12,19-20,22-23,30H,2-5,13-14H2,1H3,(H,27,28,29)/t19?,20?,22-,23-/m1/s1. The minimum absolute atomic E-state index is 0.249. The number of benzene rings is 1. The molecule has 2 fully saturated rings. The van der Waals surface area contributed by atoms with E-state index < -0.39 is 6.10 Å². The summed E-state index contributed by atoms with van der Waals surface area (Å²) in [5.74, 6) is 6.44. The molecule has 3 aromatic rings. The summed E-state index contributed by atoms with van der Waals surface area (Å²) in [6.45, 7) is 2.77. The SMILES string of the molecule is CCCCCC#Cc1ccc(-c2nc3nc(OC4CO[C@@H]5C(O)CO[C@H]45)[nH]c3cc2Cl)cc1. The summed E-state index contributed by atoms with van der Waals surface area (Å²) >= 11 is 6.53. The Hall–Kier alpha value is -2.63. The van der Waals surface area contributed by atoms with Gasteiger partial charge in [-0.1, -0.05) is 55.3 Å². The number of rotatable bonds is 6. The molecule has 2 aliphatic heterocycles. The lowest BCUT2D eigenvalue weighted by Gasteiger charge is -2.15. The number of hydrogen-bond acceptors (Lipinski definition) is 6. The number of imidazole rings is 1. The fourth-order valence-corrected chi connectivity index (χ4v) is 4.44. The van der Waals surface area contributed by atoms with E-state index in [-0.39, 0.29) is 24.9 Å². The van der Waals surface area contributed by atoms with Gasteiger partial charge < -0.3 is 24.3 Å². The van der Waals surface area contributed by atoms with Crippen molar-refractivity contribution in [3.63, 3.8) is 0 Å². The molecule has 33 heavy (non-hydrogen) atoms. The van der Waals surface area contributed by atoms with E-state index in [1.54, 1.807) is 6.07 Å². The van der Waals surface area contributed by atoms with E-state index in [0.29, 0.717) is 34.5 Å². The van der Waals surface area contributed by atoms with Gasteiger partial charge in [-0.2, -0.15) is 4.98 Å². The van der Waals surface area contributed by atoms with Gasteiger partial charge in [0.1, 0.15) is 18.3 Å². The van der Waals surface area contributed by atoms with Gasteiger partial charge in [0.2, 0.25) is 0 Å². The summed E-state index contributed by atoms with van der Waals surface area (Å²) in [7, 11) is 0. The van der Waals surface area contributed by atoms with Gasteiger partial charge in [0, 0.05) is 17.5 Å². The number of hydrogen-bond donors (Lipinski definition) is 2. The number of fused-ring (bicyclic) bond motifs is 2. The lowest BCUT2D eigenvalue weighted by atomic mass is 10.1. The predicted octanol–water partition coefficient (Wildman–Crippen LogP) is 4.12. The Labute approximate surface area is 197 Å². The van der Waals surface area contributed by atoms with Gasteiger partial charge in [-0.25, -0.2) is 4.98 Å². The fraction of sp³-hybridized carbons (Fsp3) is 0.440. The maximum Gasteiger partial charge on any atom is 0.296 e. The van der Waals surface area contributed by atoms with Gasteiger partial charge in [-0.15, -0.1) is 0 Å². The molecular weight excluding hydrogens is 442 g/mol. The number of aromatic nitrogens is 3. The third kappa shape index (κ3) is 4.71. The Morgan fingerprint density at radius 3 is 2.79 bits per heavy atom.